The molecule has 0 aromatic heterocycles. The van der Waals surface area contributed by atoms with Crippen LogP contribution in [0, 0.1) is 0 Å². The topological polar surface area (TPSA) is 66.1 Å². The van der Waals surface area contributed by atoms with Gasteiger partial charge in [0, 0.05) is 50.4 Å². The Kier molecular flexibility index (Phi) is 9.27. The standard InChI is InChI=1S/C24H33N5O.HI/c25-24(27-22-12-19-30-23-11-5-4-10-21(22)23)26-13-6-7-14-28-15-17-29(18-16-28)20-8-2-1-3-9-20;/h1-5,8-11,22H,6-7,12-19H2,(H3,25,26,27);1H. The second kappa shape index (κ2) is 12.1. The van der Waals surface area contributed by atoms with Crippen molar-refractivity contribution in [3.63, 3.8) is 0 Å². The van der Waals surface area contributed by atoms with Gasteiger partial charge >= 0.3 is 0 Å². The largest absolute Gasteiger partial charge is 0.493 e. The number of hydrogen-bond acceptors (Lipinski definition) is 4. The fourth-order valence-electron chi connectivity index (χ4n) is 4.23. The number of para-hydroxylation sites is 2. The molecule has 7 heteroatoms. The summed E-state index contributed by atoms with van der Waals surface area (Å²) in [5.41, 5.74) is 8.64. The highest BCUT2D eigenvalue weighted by atomic mass is 127. The predicted molar refractivity (Wildman–Crippen MR) is 139 cm³/mol. The number of anilines is 1. The molecule has 31 heavy (non-hydrogen) atoms. The smallest absolute Gasteiger partial charge is 0.189 e. The first-order chi connectivity index (χ1) is 14.8. The molecule has 1 saturated heterocycles. The fraction of sp³-hybridized carbons (Fsp3) is 0.458. The van der Waals surface area contributed by atoms with Gasteiger partial charge in [-0.05, 0) is 37.6 Å². The highest BCUT2D eigenvalue weighted by molar-refractivity contribution is 14.0. The van der Waals surface area contributed by atoms with Gasteiger partial charge in [0.05, 0.1) is 12.6 Å². The normalized spacial score (nSPS) is 19.2. The Hall–Kier alpha value is -2.00. The molecular formula is C24H34IN5O. The Balaban J connectivity index is 0.00000272. The average molecular weight is 535 g/mol. The third kappa shape index (κ3) is 6.74. The molecule has 1 unspecified atom stereocenters. The van der Waals surface area contributed by atoms with Gasteiger partial charge in [0.15, 0.2) is 5.96 Å². The van der Waals surface area contributed by atoms with Crippen molar-refractivity contribution in [2.75, 3.05) is 50.8 Å². The molecule has 6 nitrogen and oxygen atoms in total. The summed E-state index contributed by atoms with van der Waals surface area (Å²) in [5, 5.41) is 3.37. The van der Waals surface area contributed by atoms with Crippen LogP contribution in [-0.4, -0.2) is 56.7 Å². The van der Waals surface area contributed by atoms with Crippen molar-refractivity contribution in [3.8, 4) is 5.75 Å². The van der Waals surface area contributed by atoms with E-state index in [2.05, 4.69) is 56.5 Å². The lowest BCUT2D eigenvalue weighted by Gasteiger charge is -2.36. The van der Waals surface area contributed by atoms with Gasteiger partial charge in [-0.15, -0.1) is 24.0 Å². The van der Waals surface area contributed by atoms with E-state index in [0.29, 0.717) is 12.6 Å². The van der Waals surface area contributed by atoms with E-state index in [1.54, 1.807) is 0 Å². The molecular weight excluding hydrogens is 501 g/mol. The van der Waals surface area contributed by atoms with E-state index < -0.39 is 0 Å². The molecule has 2 aromatic rings. The number of fused-ring (bicyclic) bond motifs is 1. The Morgan fingerprint density at radius 1 is 1.00 bits per heavy atom. The lowest BCUT2D eigenvalue weighted by atomic mass is 10.0. The number of halogens is 1. The number of rotatable bonds is 7. The van der Waals surface area contributed by atoms with E-state index >= 15 is 0 Å². The predicted octanol–water partition coefficient (Wildman–Crippen LogP) is 3.63. The van der Waals surface area contributed by atoms with E-state index in [-0.39, 0.29) is 30.0 Å². The molecule has 3 N–H and O–H groups in total. The van der Waals surface area contributed by atoms with Gasteiger partial charge in [0.2, 0.25) is 0 Å². The van der Waals surface area contributed by atoms with Gasteiger partial charge in [-0.2, -0.15) is 0 Å². The minimum Gasteiger partial charge on any atom is -0.493 e. The Bertz CT molecular complexity index is 824. The number of ether oxygens (including phenoxy) is 1. The maximum Gasteiger partial charge on any atom is 0.189 e. The van der Waals surface area contributed by atoms with E-state index in [0.717, 1.165) is 69.8 Å². The van der Waals surface area contributed by atoms with Crippen LogP contribution in [0.25, 0.3) is 0 Å². The Morgan fingerprint density at radius 3 is 2.55 bits per heavy atom. The third-order valence-electron chi connectivity index (χ3n) is 5.94. The first-order valence-electron chi connectivity index (χ1n) is 11.1. The van der Waals surface area contributed by atoms with Crippen LogP contribution in [0.1, 0.15) is 30.9 Å². The molecule has 168 valence electrons. The zero-order valence-corrected chi connectivity index (χ0v) is 20.4. The lowest BCUT2D eigenvalue weighted by Crippen LogP contribution is -2.46. The number of guanidine groups is 1. The highest BCUT2D eigenvalue weighted by Crippen LogP contribution is 2.31. The first kappa shape index (κ1) is 23.7. The molecule has 0 spiro atoms. The van der Waals surface area contributed by atoms with Crippen LogP contribution < -0.4 is 20.7 Å². The first-order valence-corrected chi connectivity index (χ1v) is 11.1. The van der Waals surface area contributed by atoms with Crippen LogP contribution >= 0.6 is 24.0 Å². The number of piperazine rings is 1. The van der Waals surface area contributed by atoms with Crippen molar-refractivity contribution in [1.29, 1.82) is 0 Å². The molecule has 4 rings (SSSR count). The van der Waals surface area contributed by atoms with Crippen LogP contribution in [0.3, 0.4) is 0 Å². The molecule has 2 aliphatic heterocycles. The third-order valence-corrected chi connectivity index (χ3v) is 5.94. The summed E-state index contributed by atoms with van der Waals surface area (Å²) in [7, 11) is 0. The van der Waals surface area contributed by atoms with Crippen molar-refractivity contribution in [2.24, 2.45) is 10.7 Å². The Labute approximate surface area is 202 Å². The minimum absolute atomic E-state index is 0. The van der Waals surface area contributed by atoms with Crippen molar-refractivity contribution < 1.29 is 4.74 Å². The summed E-state index contributed by atoms with van der Waals surface area (Å²) < 4.78 is 5.71. The molecule has 2 aliphatic rings. The molecule has 1 fully saturated rings. The molecule has 2 heterocycles. The molecule has 2 aromatic carbocycles. The van der Waals surface area contributed by atoms with Gasteiger partial charge < -0.3 is 20.7 Å². The van der Waals surface area contributed by atoms with E-state index in [1.807, 2.05) is 18.2 Å². The van der Waals surface area contributed by atoms with Crippen LogP contribution in [0.4, 0.5) is 5.69 Å². The summed E-state index contributed by atoms with van der Waals surface area (Å²) in [5.74, 6) is 1.48. The summed E-state index contributed by atoms with van der Waals surface area (Å²) in [6.45, 7) is 7.08. The number of aliphatic imine (C=N–C) groups is 1. The van der Waals surface area contributed by atoms with Gasteiger partial charge in [-0.1, -0.05) is 36.4 Å². The van der Waals surface area contributed by atoms with Gasteiger partial charge in [0.25, 0.3) is 0 Å². The second-order valence-corrected chi connectivity index (χ2v) is 8.01. The molecule has 1 atom stereocenters. The number of benzene rings is 2. The molecule has 0 aliphatic carbocycles. The summed E-state index contributed by atoms with van der Waals surface area (Å²) in [6.07, 6.45) is 3.12. The lowest BCUT2D eigenvalue weighted by molar-refractivity contribution is 0.253. The number of hydrogen-bond donors (Lipinski definition) is 2. The number of nitrogens with one attached hydrogen (secondary N) is 1. The van der Waals surface area contributed by atoms with E-state index in [9.17, 15) is 0 Å². The maximum absolute atomic E-state index is 6.14. The SMILES string of the molecule is I.NC(=NCCCCN1CCN(c2ccccc2)CC1)NC1CCOc2ccccc21. The van der Waals surface area contributed by atoms with Crippen LogP contribution in [0.15, 0.2) is 59.6 Å². The van der Waals surface area contributed by atoms with Gasteiger partial charge in [-0.25, -0.2) is 0 Å². The van der Waals surface area contributed by atoms with E-state index in [4.69, 9.17) is 10.5 Å². The number of nitrogens with two attached hydrogens (primary N) is 1. The van der Waals surface area contributed by atoms with Crippen LogP contribution in [-0.2, 0) is 0 Å². The van der Waals surface area contributed by atoms with Gasteiger partial charge in [-0.3, -0.25) is 9.89 Å². The summed E-state index contributed by atoms with van der Waals surface area (Å²) in [6, 6.07) is 19.0. The van der Waals surface area contributed by atoms with Crippen LogP contribution in [0.2, 0.25) is 0 Å². The number of nitrogens with zero attached hydrogens (tertiary/aromatic N) is 3. The molecule has 0 bridgehead atoms. The average Bonchev–Trinajstić information content (AvgIpc) is 2.80. The Morgan fingerprint density at radius 2 is 1.74 bits per heavy atom. The molecule has 0 saturated carbocycles. The van der Waals surface area contributed by atoms with Crippen LogP contribution in [0.5, 0.6) is 5.75 Å². The van der Waals surface area contributed by atoms with E-state index in [1.165, 1.54) is 5.69 Å². The maximum atomic E-state index is 6.14. The monoisotopic (exact) mass is 535 g/mol. The second-order valence-electron chi connectivity index (χ2n) is 8.01. The molecule has 0 radical (unpaired) electrons. The van der Waals surface area contributed by atoms with Gasteiger partial charge in [0.1, 0.15) is 5.75 Å². The van der Waals surface area contributed by atoms with Crippen molar-refractivity contribution >= 4 is 35.6 Å². The fourth-order valence-corrected chi connectivity index (χ4v) is 4.23. The minimum atomic E-state index is 0. The summed E-state index contributed by atoms with van der Waals surface area (Å²) in [4.78, 5) is 9.57. The number of unbranched alkanes of at least 4 members (excludes halogenated alkanes) is 1. The molecule has 0 amide bonds. The zero-order chi connectivity index (χ0) is 20.6. The zero-order valence-electron chi connectivity index (χ0n) is 18.1. The summed E-state index contributed by atoms with van der Waals surface area (Å²) >= 11 is 0. The quantitative estimate of drug-likeness (QED) is 0.246. The van der Waals surface area contributed by atoms with Crippen molar-refractivity contribution in [1.82, 2.24) is 10.2 Å². The van der Waals surface area contributed by atoms with Crippen molar-refractivity contribution in [3.05, 3.63) is 60.2 Å². The van der Waals surface area contributed by atoms with Crippen molar-refractivity contribution in [2.45, 2.75) is 25.3 Å². The highest BCUT2D eigenvalue weighted by Gasteiger charge is 2.21.